The predicted octanol–water partition coefficient (Wildman–Crippen LogP) is 2.11. The molecule has 3 rings (SSSR count). The second-order valence-electron chi connectivity index (χ2n) is 9.40. The lowest BCUT2D eigenvalue weighted by atomic mass is 10.1. The first-order chi connectivity index (χ1) is 19.7. The number of nitrogens with one attached hydrogen (secondary N) is 3. The zero-order valence-electron chi connectivity index (χ0n) is 23.0. The van der Waals surface area contributed by atoms with Crippen molar-refractivity contribution in [2.45, 2.75) is 38.8 Å². The maximum absolute atomic E-state index is 12.8. The number of benzene rings is 1. The molecule has 1 unspecified atom stereocenters. The number of aliphatic carboxylic acids is 1. The Kier molecular flexibility index (Phi) is 11.4. The van der Waals surface area contributed by atoms with E-state index in [1.54, 1.807) is 18.2 Å². The van der Waals surface area contributed by atoms with Crippen molar-refractivity contribution >= 4 is 29.3 Å². The number of hydrogen-bond donors (Lipinski definition) is 5. The second-order valence-corrected chi connectivity index (χ2v) is 9.40. The average molecular weight is 565 g/mol. The molecule has 1 aliphatic rings. The molecule has 12 nitrogen and oxygen atoms in total. The smallest absolute Gasteiger partial charge is 0.307 e. The highest BCUT2D eigenvalue weighted by atomic mass is 16.5. The predicted molar refractivity (Wildman–Crippen MR) is 154 cm³/mol. The highest BCUT2D eigenvalue weighted by Gasteiger charge is 2.22. The lowest BCUT2D eigenvalue weighted by Gasteiger charge is -2.31. The van der Waals surface area contributed by atoms with E-state index in [9.17, 15) is 19.2 Å². The van der Waals surface area contributed by atoms with Crippen molar-refractivity contribution in [1.29, 1.82) is 0 Å². The zero-order chi connectivity index (χ0) is 29.8. The van der Waals surface area contributed by atoms with Crippen molar-refractivity contribution in [1.82, 2.24) is 20.8 Å². The van der Waals surface area contributed by atoms with Gasteiger partial charge in [0.15, 0.2) is 11.5 Å². The van der Waals surface area contributed by atoms with Crippen LogP contribution in [0.25, 0.3) is 0 Å². The summed E-state index contributed by atoms with van der Waals surface area (Å²) in [7, 11) is 0. The number of carboxylic acids is 1. The summed E-state index contributed by atoms with van der Waals surface area (Å²) in [5.41, 5.74) is 7.64. The second kappa shape index (κ2) is 15.2. The number of hydrogen-bond acceptors (Lipinski definition) is 8. The number of ketones is 1. The average Bonchev–Trinajstić information content (AvgIpc) is 3.46. The van der Waals surface area contributed by atoms with Gasteiger partial charge >= 0.3 is 5.97 Å². The molecule has 1 atom stereocenters. The first-order valence-corrected chi connectivity index (χ1v) is 13.3. The molecule has 1 aromatic carbocycles. The summed E-state index contributed by atoms with van der Waals surface area (Å²) in [6.07, 6.45) is 8.09. The van der Waals surface area contributed by atoms with Crippen LogP contribution < -0.4 is 26.0 Å². The van der Waals surface area contributed by atoms with E-state index in [0.717, 1.165) is 11.3 Å². The normalized spacial score (nSPS) is 13.5. The minimum absolute atomic E-state index is 0.0508. The minimum atomic E-state index is -0.902. The number of aromatic amines is 1. The Hall–Kier alpha value is -4.71. The molecule has 0 bridgehead atoms. The fourth-order valence-corrected chi connectivity index (χ4v) is 4.09. The van der Waals surface area contributed by atoms with Gasteiger partial charge in [-0.25, -0.2) is 0 Å². The van der Waals surface area contributed by atoms with Gasteiger partial charge in [-0.3, -0.25) is 24.3 Å². The Balaban J connectivity index is 1.57. The molecule has 0 fully saturated rings. The fourth-order valence-electron chi connectivity index (χ4n) is 4.09. The van der Waals surface area contributed by atoms with E-state index in [4.69, 9.17) is 15.6 Å². The van der Waals surface area contributed by atoms with Gasteiger partial charge in [0.2, 0.25) is 0 Å². The third-order valence-electron chi connectivity index (χ3n) is 6.31. The Morgan fingerprint density at radius 3 is 2.78 bits per heavy atom. The van der Waals surface area contributed by atoms with Crippen LogP contribution in [-0.4, -0.2) is 71.2 Å². The number of anilines is 1. The molecule has 0 saturated carbocycles. The molecule has 2 amide bonds. The van der Waals surface area contributed by atoms with Crippen LogP contribution in [0.1, 0.15) is 52.7 Å². The van der Waals surface area contributed by atoms with Crippen LogP contribution in [0.2, 0.25) is 0 Å². The number of nitrogens with two attached hydrogens (primary N) is 1. The zero-order valence-corrected chi connectivity index (χ0v) is 23.0. The molecule has 41 heavy (non-hydrogen) atoms. The van der Waals surface area contributed by atoms with Gasteiger partial charge in [0.25, 0.3) is 11.8 Å². The Morgan fingerprint density at radius 2 is 2.05 bits per heavy atom. The van der Waals surface area contributed by atoms with Crippen molar-refractivity contribution in [3.8, 4) is 5.75 Å². The molecular formula is C29H36N6O6. The number of carboxylic acid groups (broad SMARTS) is 1. The number of H-pyrrole nitrogens is 1. The van der Waals surface area contributed by atoms with Crippen molar-refractivity contribution in [2.75, 3.05) is 31.1 Å². The summed E-state index contributed by atoms with van der Waals surface area (Å²) >= 11 is 0. The lowest BCUT2D eigenvalue weighted by Crippen LogP contribution is -2.38. The summed E-state index contributed by atoms with van der Waals surface area (Å²) < 4.78 is 5.71. The van der Waals surface area contributed by atoms with Gasteiger partial charge in [0.1, 0.15) is 18.1 Å². The van der Waals surface area contributed by atoms with Gasteiger partial charge in [-0.2, -0.15) is 5.10 Å². The Bertz CT molecular complexity index is 1330. The monoisotopic (exact) mass is 564 g/mol. The molecule has 12 heteroatoms. The Morgan fingerprint density at radius 1 is 1.24 bits per heavy atom. The number of nitrogens with zero attached hydrogens (tertiary/aromatic N) is 2. The van der Waals surface area contributed by atoms with Crippen molar-refractivity contribution in [3.63, 3.8) is 0 Å². The van der Waals surface area contributed by atoms with Gasteiger partial charge in [-0.1, -0.05) is 36.9 Å². The number of carbonyl (C=O) groups is 4. The molecule has 0 spiro atoms. The number of aromatic nitrogens is 2. The van der Waals surface area contributed by atoms with E-state index >= 15 is 0 Å². The van der Waals surface area contributed by atoms with Gasteiger partial charge in [-0.05, 0) is 37.5 Å². The highest BCUT2D eigenvalue weighted by molar-refractivity contribution is 5.99. The first-order valence-electron chi connectivity index (χ1n) is 13.3. The Labute approximate surface area is 238 Å². The summed E-state index contributed by atoms with van der Waals surface area (Å²) in [4.78, 5) is 50.4. The molecule has 6 N–H and O–H groups in total. The van der Waals surface area contributed by atoms with E-state index in [0.29, 0.717) is 37.3 Å². The molecule has 0 saturated heterocycles. The largest absolute Gasteiger partial charge is 0.490 e. The van der Waals surface area contributed by atoms with Crippen molar-refractivity contribution < 1.29 is 29.0 Å². The third kappa shape index (κ3) is 9.17. The van der Waals surface area contributed by atoms with E-state index in [-0.39, 0.29) is 49.3 Å². The molecule has 0 radical (unpaired) electrons. The number of allylic oxidation sites excluding steroid dienone is 2. The molecule has 2 heterocycles. The topological polar surface area (TPSA) is 180 Å². The fraction of sp³-hybridized carbons (Fsp3) is 0.345. The first kappa shape index (κ1) is 30.8. The lowest BCUT2D eigenvalue weighted by molar-refractivity contribution is -0.136. The number of Topliss-reactive ketones (excluding diaryl/α,β-unsaturated/α-hetero) is 1. The summed E-state index contributed by atoms with van der Waals surface area (Å²) in [5.74, 6) is -1.28. The van der Waals surface area contributed by atoms with Crippen molar-refractivity contribution in [2.24, 2.45) is 5.73 Å². The standard InChI is InChI=1S/C29H36N6O6/c1-3-7-21(8-5-4-6-9-27(37)38)32-29(40)23-15-22(33-34-23)28(39)31-17-20-10-11-26-24(14-20)35(12-13-41-26)18-25(36)19(2)16-30/h3-4,6-7,10-11,14-15,21H,2,5,8-9,12-13,16-18,30H2,1H3,(H,31,39)(H,32,40)(H,33,34)(H,37,38)/b6-4+,7-3+. The van der Waals surface area contributed by atoms with Crippen LogP contribution in [0.15, 0.2) is 60.7 Å². The number of amides is 2. The van der Waals surface area contributed by atoms with Gasteiger partial charge in [0, 0.05) is 30.8 Å². The molecule has 1 aliphatic heterocycles. The van der Waals surface area contributed by atoms with E-state index < -0.39 is 17.8 Å². The minimum Gasteiger partial charge on any atom is -0.490 e. The summed E-state index contributed by atoms with van der Waals surface area (Å²) in [5, 5.41) is 20.9. The molecule has 0 aliphatic carbocycles. The van der Waals surface area contributed by atoms with E-state index in [1.165, 1.54) is 6.07 Å². The van der Waals surface area contributed by atoms with Gasteiger partial charge in [-0.15, -0.1) is 0 Å². The number of carbonyl (C=O) groups excluding carboxylic acids is 3. The quantitative estimate of drug-likeness (QED) is 0.160. The van der Waals surface area contributed by atoms with Crippen LogP contribution in [0, 0.1) is 0 Å². The summed E-state index contributed by atoms with van der Waals surface area (Å²) in [6, 6.07) is 6.58. The van der Waals surface area contributed by atoms with Crippen LogP contribution >= 0.6 is 0 Å². The molecule has 218 valence electrons. The van der Waals surface area contributed by atoms with Gasteiger partial charge in [0.05, 0.1) is 25.2 Å². The summed E-state index contributed by atoms with van der Waals surface area (Å²) in [6.45, 7) is 6.96. The molecular weight excluding hydrogens is 528 g/mol. The SMILES string of the molecule is C=C(CN)C(=O)CN1CCOc2ccc(CNC(=O)c3cc(C(=O)NC(/C=C/C)CC/C=C/CC(=O)O)n[nH]3)cc21. The number of ether oxygens (including phenoxy) is 1. The maximum Gasteiger partial charge on any atom is 0.307 e. The van der Waals surface area contributed by atoms with E-state index in [1.807, 2.05) is 36.1 Å². The highest BCUT2D eigenvalue weighted by Crippen LogP contribution is 2.32. The number of rotatable bonds is 15. The van der Waals surface area contributed by atoms with E-state index in [2.05, 4.69) is 27.4 Å². The van der Waals surface area contributed by atoms with Crippen molar-refractivity contribution in [3.05, 3.63) is 77.7 Å². The molecule has 2 aromatic rings. The van der Waals surface area contributed by atoms with Crippen LogP contribution in [0.4, 0.5) is 5.69 Å². The van der Waals surface area contributed by atoms with Crippen LogP contribution in [0.3, 0.4) is 0 Å². The number of fused-ring (bicyclic) bond motifs is 1. The van der Waals surface area contributed by atoms with Gasteiger partial charge < -0.3 is 31.1 Å². The third-order valence-corrected chi connectivity index (χ3v) is 6.31. The van der Waals surface area contributed by atoms with Crippen LogP contribution in [-0.2, 0) is 16.1 Å². The molecule has 1 aromatic heterocycles. The van der Waals surface area contributed by atoms with Crippen LogP contribution in [0.5, 0.6) is 5.75 Å². The maximum atomic E-state index is 12.8.